The summed E-state index contributed by atoms with van der Waals surface area (Å²) in [6, 6.07) is 7.00. The molecule has 102 valence electrons. The Kier molecular flexibility index (Phi) is 5.07. The van der Waals surface area contributed by atoms with E-state index in [9.17, 15) is 0 Å². The minimum Gasteiger partial charge on any atom is -0.310 e. The van der Waals surface area contributed by atoms with Gasteiger partial charge in [-0.3, -0.25) is 4.68 Å². The highest BCUT2D eigenvalue weighted by molar-refractivity contribution is 9.10. The lowest BCUT2D eigenvalue weighted by Gasteiger charge is -2.10. The van der Waals surface area contributed by atoms with Crippen LogP contribution in [0, 0.1) is 0 Å². The first-order valence-corrected chi connectivity index (χ1v) is 7.84. The molecular weight excluding hydrogens is 322 g/mol. The molecule has 0 aliphatic carbocycles. The lowest BCUT2D eigenvalue weighted by atomic mass is 10.2. The number of nitrogens with one attached hydrogen (secondary N) is 1. The Morgan fingerprint density at radius 1 is 1.42 bits per heavy atom. The summed E-state index contributed by atoms with van der Waals surface area (Å²) in [7, 11) is 1.93. The molecule has 19 heavy (non-hydrogen) atoms. The molecule has 2 aromatic rings. The second kappa shape index (κ2) is 6.59. The van der Waals surface area contributed by atoms with Gasteiger partial charge in [0.2, 0.25) is 0 Å². The maximum atomic E-state index is 4.18. The minimum atomic E-state index is 0.503. The fourth-order valence-corrected chi connectivity index (χ4v) is 3.16. The normalized spacial score (nSPS) is 11.2. The number of hydrogen-bond acceptors (Lipinski definition) is 3. The van der Waals surface area contributed by atoms with Crippen LogP contribution >= 0.6 is 27.7 Å². The molecule has 0 saturated heterocycles. The summed E-state index contributed by atoms with van der Waals surface area (Å²) in [5.41, 5.74) is 1.29. The van der Waals surface area contributed by atoms with Crippen LogP contribution in [0.1, 0.15) is 19.4 Å². The predicted molar refractivity (Wildman–Crippen MR) is 83.4 cm³/mol. The molecule has 5 heteroatoms. The molecule has 1 N–H and O–H groups in total. The second-order valence-electron chi connectivity index (χ2n) is 4.75. The molecule has 0 radical (unpaired) electrons. The molecule has 0 aliphatic heterocycles. The van der Waals surface area contributed by atoms with Gasteiger partial charge in [0.1, 0.15) is 0 Å². The third kappa shape index (κ3) is 4.37. The highest BCUT2D eigenvalue weighted by atomic mass is 79.9. The topological polar surface area (TPSA) is 29.9 Å². The van der Waals surface area contributed by atoms with Gasteiger partial charge in [-0.05, 0) is 33.6 Å². The Morgan fingerprint density at radius 3 is 2.79 bits per heavy atom. The molecule has 0 saturated carbocycles. The van der Waals surface area contributed by atoms with Crippen molar-refractivity contribution in [3.63, 3.8) is 0 Å². The van der Waals surface area contributed by atoms with Crippen molar-refractivity contribution in [2.45, 2.75) is 36.2 Å². The Morgan fingerprint density at radius 2 is 2.21 bits per heavy atom. The third-order valence-corrected chi connectivity index (χ3v) is 4.56. The summed E-state index contributed by atoms with van der Waals surface area (Å²) < 4.78 is 2.95. The quantitative estimate of drug-likeness (QED) is 0.897. The Bertz CT molecular complexity index is 551. The lowest BCUT2D eigenvalue weighted by Crippen LogP contribution is -2.21. The first-order valence-electron chi connectivity index (χ1n) is 6.23. The predicted octanol–water partition coefficient (Wildman–Crippen LogP) is 3.83. The smallest absolute Gasteiger partial charge is 0.0629 e. The molecule has 0 amide bonds. The SMILES string of the molecule is CC(C)NCc1ccc(Sc2cnn(C)c2)c(Br)c1. The summed E-state index contributed by atoms with van der Waals surface area (Å²) in [4.78, 5) is 2.36. The highest BCUT2D eigenvalue weighted by Crippen LogP contribution is 2.33. The molecule has 0 aliphatic rings. The van der Waals surface area contributed by atoms with Gasteiger partial charge in [0.05, 0.1) is 11.1 Å². The highest BCUT2D eigenvalue weighted by Gasteiger charge is 2.05. The molecular formula is C14H18BrN3S. The van der Waals surface area contributed by atoms with E-state index in [1.165, 1.54) is 10.5 Å². The van der Waals surface area contributed by atoms with E-state index in [4.69, 9.17) is 0 Å². The number of aromatic nitrogens is 2. The van der Waals surface area contributed by atoms with Crippen LogP contribution in [0.15, 0.2) is 44.9 Å². The van der Waals surface area contributed by atoms with Crippen molar-refractivity contribution in [3.05, 3.63) is 40.6 Å². The summed E-state index contributed by atoms with van der Waals surface area (Å²) in [6.07, 6.45) is 3.90. The van der Waals surface area contributed by atoms with E-state index in [1.807, 2.05) is 24.1 Å². The van der Waals surface area contributed by atoms with E-state index in [0.29, 0.717) is 6.04 Å². The van der Waals surface area contributed by atoms with E-state index < -0.39 is 0 Å². The maximum absolute atomic E-state index is 4.18. The monoisotopic (exact) mass is 339 g/mol. The zero-order valence-electron chi connectivity index (χ0n) is 11.4. The zero-order chi connectivity index (χ0) is 13.8. The summed E-state index contributed by atoms with van der Waals surface area (Å²) in [5.74, 6) is 0. The van der Waals surface area contributed by atoms with E-state index in [0.717, 1.165) is 15.9 Å². The van der Waals surface area contributed by atoms with Crippen LogP contribution in [0.4, 0.5) is 0 Å². The van der Waals surface area contributed by atoms with E-state index in [2.05, 4.69) is 58.4 Å². The van der Waals surface area contributed by atoms with Crippen LogP contribution in [0.25, 0.3) is 0 Å². The first kappa shape index (κ1) is 14.6. The van der Waals surface area contributed by atoms with Crippen LogP contribution in [-0.2, 0) is 13.6 Å². The largest absolute Gasteiger partial charge is 0.310 e. The van der Waals surface area contributed by atoms with E-state index in [1.54, 1.807) is 11.8 Å². The number of aryl methyl sites for hydroxylation is 1. The molecule has 0 atom stereocenters. The Labute approximate surface area is 126 Å². The van der Waals surface area contributed by atoms with Gasteiger partial charge in [-0.15, -0.1) is 0 Å². The number of halogens is 1. The van der Waals surface area contributed by atoms with Gasteiger partial charge in [0.15, 0.2) is 0 Å². The Hall–Kier alpha value is -0.780. The molecule has 0 spiro atoms. The van der Waals surface area contributed by atoms with Gasteiger partial charge < -0.3 is 5.32 Å². The molecule has 0 bridgehead atoms. The number of nitrogens with zero attached hydrogens (tertiary/aromatic N) is 2. The molecule has 3 nitrogen and oxygen atoms in total. The number of rotatable bonds is 5. The van der Waals surface area contributed by atoms with Crippen molar-refractivity contribution in [2.24, 2.45) is 7.05 Å². The van der Waals surface area contributed by atoms with Crippen LogP contribution < -0.4 is 5.32 Å². The van der Waals surface area contributed by atoms with Crippen molar-refractivity contribution < 1.29 is 0 Å². The second-order valence-corrected chi connectivity index (χ2v) is 6.72. The molecule has 1 heterocycles. The van der Waals surface area contributed by atoms with Gasteiger partial charge in [0, 0.05) is 35.2 Å². The minimum absolute atomic E-state index is 0.503. The standard InChI is InChI=1S/C14H18BrN3S/c1-10(2)16-7-11-4-5-14(13(15)6-11)19-12-8-17-18(3)9-12/h4-6,8-10,16H,7H2,1-3H3. The van der Waals surface area contributed by atoms with Gasteiger partial charge >= 0.3 is 0 Å². The van der Waals surface area contributed by atoms with Crippen LogP contribution in [-0.4, -0.2) is 15.8 Å². The summed E-state index contributed by atoms with van der Waals surface area (Å²) >= 11 is 5.36. The fraction of sp³-hybridized carbons (Fsp3) is 0.357. The maximum Gasteiger partial charge on any atom is 0.0629 e. The van der Waals surface area contributed by atoms with Crippen molar-refractivity contribution in [2.75, 3.05) is 0 Å². The summed E-state index contributed by atoms with van der Waals surface area (Å²) in [6.45, 7) is 5.21. The fourth-order valence-electron chi connectivity index (χ4n) is 1.64. The van der Waals surface area contributed by atoms with Crippen LogP contribution in [0.2, 0.25) is 0 Å². The third-order valence-electron chi connectivity index (χ3n) is 2.62. The summed E-state index contributed by atoms with van der Waals surface area (Å²) in [5, 5.41) is 7.60. The van der Waals surface area contributed by atoms with Gasteiger partial charge in [-0.1, -0.05) is 31.7 Å². The van der Waals surface area contributed by atoms with Crippen molar-refractivity contribution in [1.82, 2.24) is 15.1 Å². The van der Waals surface area contributed by atoms with Gasteiger partial charge in [0.25, 0.3) is 0 Å². The van der Waals surface area contributed by atoms with Crippen molar-refractivity contribution in [1.29, 1.82) is 0 Å². The molecule has 0 unspecified atom stereocenters. The van der Waals surface area contributed by atoms with E-state index in [-0.39, 0.29) is 0 Å². The number of hydrogen-bond donors (Lipinski definition) is 1. The van der Waals surface area contributed by atoms with Crippen molar-refractivity contribution in [3.8, 4) is 0 Å². The zero-order valence-corrected chi connectivity index (χ0v) is 13.8. The average molecular weight is 340 g/mol. The Balaban J connectivity index is 2.06. The lowest BCUT2D eigenvalue weighted by molar-refractivity contribution is 0.588. The first-order chi connectivity index (χ1) is 9.04. The van der Waals surface area contributed by atoms with Crippen molar-refractivity contribution >= 4 is 27.7 Å². The number of benzene rings is 1. The average Bonchev–Trinajstić information content (AvgIpc) is 2.75. The molecule has 2 rings (SSSR count). The van der Waals surface area contributed by atoms with Gasteiger partial charge in [-0.25, -0.2) is 0 Å². The molecule has 1 aromatic carbocycles. The van der Waals surface area contributed by atoms with E-state index >= 15 is 0 Å². The van der Waals surface area contributed by atoms with Crippen LogP contribution in [0.5, 0.6) is 0 Å². The molecule has 0 fully saturated rings. The van der Waals surface area contributed by atoms with Crippen LogP contribution in [0.3, 0.4) is 0 Å². The molecule has 1 aromatic heterocycles. The van der Waals surface area contributed by atoms with Gasteiger partial charge in [-0.2, -0.15) is 5.10 Å².